The molecule has 0 aromatic heterocycles. The minimum Gasteiger partial charge on any atom is -0.462 e. The second-order valence-corrected chi connectivity index (χ2v) is 24.1. The summed E-state index contributed by atoms with van der Waals surface area (Å²) >= 11 is 0. The number of carbonyl (C=O) groups excluding carboxylic acids is 3. The van der Waals surface area contributed by atoms with Crippen molar-refractivity contribution in [2.75, 3.05) is 13.2 Å². The lowest BCUT2D eigenvalue weighted by Crippen LogP contribution is -2.30. The Hall–Kier alpha value is -2.37. The van der Waals surface area contributed by atoms with E-state index in [4.69, 9.17) is 14.2 Å². The van der Waals surface area contributed by atoms with Crippen molar-refractivity contribution in [2.45, 2.75) is 399 Å². The Morgan fingerprint density at radius 2 is 0.456 bits per heavy atom. The van der Waals surface area contributed by atoms with Crippen LogP contribution in [-0.4, -0.2) is 37.2 Å². The fourth-order valence-electron chi connectivity index (χ4n) is 10.8. The van der Waals surface area contributed by atoms with Crippen LogP contribution < -0.4 is 0 Å². The Bertz CT molecular complexity index is 1320. The molecule has 0 bridgehead atoms. The predicted octanol–water partition coefficient (Wildman–Crippen LogP) is 24.3. The number of carbonyl (C=O) groups is 3. The zero-order chi connectivity index (χ0) is 57.1. The van der Waals surface area contributed by atoms with Gasteiger partial charge in [0.15, 0.2) is 6.10 Å². The molecule has 6 heteroatoms. The zero-order valence-corrected chi connectivity index (χ0v) is 53.4. The third kappa shape index (κ3) is 66.3. The smallest absolute Gasteiger partial charge is 0.306 e. The van der Waals surface area contributed by atoms with Crippen LogP contribution in [-0.2, 0) is 28.6 Å². The van der Waals surface area contributed by atoms with E-state index in [0.29, 0.717) is 19.3 Å². The van der Waals surface area contributed by atoms with E-state index in [0.717, 1.165) is 70.6 Å². The molecule has 1 atom stereocenters. The van der Waals surface area contributed by atoms with E-state index in [9.17, 15) is 14.4 Å². The number of esters is 3. The highest BCUT2D eigenvalue weighted by molar-refractivity contribution is 5.71. The Labute approximate surface area is 493 Å². The van der Waals surface area contributed by atoms with E-state index >= 15 is 0 Å². The summed E-state index contributed by atoms with van der Waals surface area (Å²) in [5.41, 5.74) is 0. The molecule has 0 rings (SSSR count). The lowest BCUT2D eigenvalue weighted by atomic mass is 10.0. The number of unbranched alkanes of at least 4 members (excludes halogenated alkanes) is 49. The number of hydrogen-bond acceptors (Lipinski definition) is 6. The molecule has 0 radical (unpaired) electrons. The minimum absolute atomic E-state index is 0.0711. The third-order valence-electron chi connectivity index (χ3n) is 16.1. The molecule has 0 spiro atoms. The van der Waals surface area contributed by atoms with E-state index in [2.05, 4.69) is 57.2 Å². The number of allylic oxidation sites excluding steroid dienone is 6. The van der Waals surface area contributed by atoms with Crippen molar-refractivity contribution in [1.82, 2.24) is 0 Å². The highest BCUT2D eigenvalue weighted by Gasteiger charge is 2.19. The van der Waals surface area contributed by atoms with Crippen LogP contribution in [0.25, 0.3) is 0 Å². The molecule has 1 unspecified atom stereocenters. The van der Waals surface area contributed by atoms with E-state index < -0.39 is 6.10 Å². The lowest BCUT2D eigenvalue weighted by Gasteiger charge is -2.18. The molecule has 0 heterocycles. The Morgan fingerprint density at radius 1 is 0.253 bits per heavy atom. The normalized spacial score (nSPS) is 12.2. The first-order valence-electron chi connectivity index (χ1n) is 35.5. The summed E-state index contributed by atoms with van der Waals surface area (Å²) < 4.78 is 17.0. The summed E-state index contributed by atoms with van der Waals surface area (Å²) in [6, 6.07) is 0. The average Bonchev–Trinajstić information content (AvgIpc) is 3.45. The molecular formula is C73H136O6. The third-order valence-corrected chi connectivity index (χ3v) is 16.1. The van der Waals surface area contributed by atoms with Crippen LogP contribution in [0.4, 0.5) is 0 Å². The van der Waals surface area contributed by atoms with Gasteiger partial charge in [-0.05, 0) is 77.0 Å². The van der Waals surface area contributed by atoms with Gasteiger partial charge in [0, 0.05) is 19.3 Å². The second kappa shape index (κ2) is 68.1. The highest BCUT2D eigenvalue weighted by atomic mass is 16.6. The van der Waals surface area contributed by atoms with Gasteiger partial charge in [-0.3, -0.25) is 14.4 Å². The van der Waals surface area contributed by atoms with Gasteiger partial charge >= 0.3 is 17.9 Å². The van der Waals surface area contributed by atoms with Gasteiger partial charge in [-0.15, -0.1) is 0 Å². The topological polar surface area (TPSA) is 78.9 Å². The molecule has 0 aliphatic heterocycles. The molecule has 0 aromatic carbocycles. The van der Waals surface area contributed by atoms with E-state index in [1.54, 1.807) is 0 Å². The molecule has 0 saturated heterocycles. The molecule has 0 aliphatic rings. The monoisotopic (exact) mass is 1110 g/mol. The fourth-order valence-corrected chi connectivity index (χ4v) is 10.8. The quantitative estimate of drug-likeness (QED) is 0.0261. The Kier molecular flexibility index (Phi) is 66.1. The maximum atomic E-state index is 13.0. The van der Waals surface area contributed by atoms with Gasteiger partial charge in [-0.1, -0.05) is 333 Å². The average molecular weight is 1110 g/mol. The maximum Gasteiger partial charge on any atom is 0.306 e. The molecule has 0 aliphatic carbocycles. The molecular weight excluding hydrogens is 973 g/mol. The van der Waals surface area contributed by atoms with Crippen LogP contribution in [0.1, 0.15) is 393 Å². The van der Waals surface area contributed by atoms with Crippen molar-refractivity contribution in [3.8, 4) is 0 Å². The van der Waals surface area contributed by atoms with Gasteiger partial charge in [-0.2, -0.15) is 0 Å². The van der Waals surface area contributed by atoms with Crippen molar-refractivity contribution in [3.63, 3.8) is 0 Å². The summed E-state index contributed by atoms with van der Waals surface area (Å²) in [6.45, 7) is 6.69. The minimum atomic E-state index is -0.775. The first kappa shape index (κ1) is 76.6. The first-order valence-corrected chi connectivity index (χ1v) is 35.5. The molecule has 79 heavy (non-hydrogen) atoms. The first-order chi connectivity index (χ1) is 39.0. The summed E-state index contributed by atoms with van der Waals surface area (Å²) in [5.74, 6) is -0.852. The van der Waals surface area contributed by atoms with Crippen LogP contribution in [0, 0.1) is 0 Å². The summed E-state index contributed by atoms with van der Waals surface area (Å²) in [7, 11) is 0. The molecule has 464 valence electrons. The van der Waals surface area contributed by atoms with E-state index in [-0.39, 0.29) is 31.1 Å². The SMILES string of the molecule is CCCCCCC/C=C\C/C=C\CCCCCCCCCCCCCC(=O)OCC(COC(=O)CCCCCCC/C=C\CCCCCCCC)OC(=O)CCCCCCCCCCCCCCCCCCCCCCCCC. The summed E-state index contributed by atoms with van der Waals surface area (Å²) in [6.07, 6.45) is 84.5. The molecule has 0 fully saturated rings. The molecule has 6 nitrogen and oxygen atoms in total. The maximum absolute atomic E-state index is 13.0. The predicted molar refractivity (Wildman–Crippen MR) is 344 cm³/mol. The second-order valence-electron chi connectivity index (χ2n) is 24.1. The van der Waals surface area contributed by atoms with Crippen LogP contribution >= 0.6 is 0 Å². The zero-order valence-electron chi connectivity index (χ0n) is 53.4. The van der Waals surface area contributed by atoms with Gasteiger partial charge in [0.2, 0.25) is 0 Å². The van der Waals surface area contributed by atoms with E-state index in [1.807, 2.05) is 0 Å². The van der Waals surface area contributed by atoms with Crippen LogP contribution in [0.3, 0.4) is 0 Å². The molecule has 0 N–H and O–H groups in total. The van der Waals surface area contributed by atoms with Crippen molar-refractivity contribution in [1.29, 1.82) is 0 Å². The fraction of sp³-hybridized carbons (Fsp3) is 0.877. The van der Waals surface area contributed by atoms with Gasteiger partial charge in [0.1, 0.15) is 13.2 Å². The van der Waals surface area contributed by atoms with Gasteiger partial charge in [0.25, 0.3) is 0 Å². The Morgan fingerprint density at radius 3 is 0.709 bits per heavy atom. The molecule has 0 saturated carbocycles. The van der Waals surface area contributed by atoms with Crippen molar-refractivity contribution >= 4 is 17.9 Å². The van der Waals surface area contributed by atoms with Crippen molar-refractivity contribution < 1.29 is 28.6 Å². The van der Waals surface area contributed by atoms with Crippen molar-refractivity contribution in [3.05, 3.63) is 36.5 Å². The lowest BCUT2D eigenvalue weighted by molar-refractivity contribution is -0.167. The molecule has 0 amide bonds. The number of hydrogen-bond donors (Lipinski definition) is 0. The van der Waals surface area contributed by atoms with Gasteiger partial charge in [0.05, 0.1) is 0 Å². The standard InChI is InChI=1S/C73H136O6/c1-4-7-10-13-16-19-22-25-28-30-32-34-36-38-40-42-45-48-51-54-57-60-63-66-72(75)78-69-70(68-77-71(74)65-62-59-56-53-50-47-44-27-24-21-18-15-12-9-6-3)79-73(76)67-64-61-58-55-52-49-46-43-41-39-37-35-33-31-29-26-23-20-17-14-11-8-5-2/h22,25,27,30,32,44,70H,4-21,23-24,26,28-29,31,33-43,45-69H2,1-3H3/b25-22-,32-30-,44-27-. The van der Waals surface area contributed by atoms with Crippen LogP contribution in [0.2, 0.25) is 0 Å². The number of rotatable bonds is 66. The molecule has 0 aromatic rings. The van der Waals surface area contributed by atoms with Gasteiger partial charge < -0.3 is 14.2 Å². The summed E-state index contributed by atoms with van der Waals surface area (Å²) in [5, 5.41) is 0. The number of ether oxygens (including phenoxy) is 3. The highest BCUT2D eigenvalue weighted by Crippen LogP contribution is 2.18. The van der Waals surface area contributed by atoms with Crippen LogP contribution in [0.5, 0.6) is 0 Å². The van der Waals surface area contributed by atoms with E-state index in [1.165, 1.54) is 283 Å². The summed E-state index contributed by atoms with van der Waals surface area (Å²) in [4.78, 5) is 38.4. The largest absolute Gasteiger partial charge is 0.462 e. The van der Waals surface area contributed by atoms with Gasteiger partial charge in [-0.25, -0.2) is 0 Å². The van der Waals surface area contributed by atoms with Crippen LogP contribution in [0.15, 0.2) is 36.5 Å². The van der Waals surface area contributed by atoms with Crippen molar-refractivity contribution in [2.24, 2.45) is 0 Å². The Balaban J connectivity index is 4.28.